The Balaban J connectivity index is 2.04. The van der Waals surface area contributed by atoms with Gasteiger partial charge in [0.15, 0.2) is 0 Å². The van der Waals surface area contributed by atoms with Crippen molar-refractivity contribution in [3.63, 3.8) is 0 Å². The van der Waals surface area contributed by atoms with Crippen LogP contribution in [0.1, 0.15) is 36.9 Å². The predicted octanol–water partition coefficient (Wildman–Crippen LogP) is 2.57. The molecule has 2 atom stereocenters. The van der Waals surface area contributed by atoms with Gasteiger partial charge in [0, 0.05) is 13.6 Å². The molecule has 0 aromatic heterocycles. The summed E-state index contributed by atoms with van der Waals surface area (Å²) in [6.07, 6.45) is 2.57. The maximum Gasteiger partial charge on any atom is 0.317 e. The van der Waals surface area contributed by atoms with E-state index in [-0.39, 0.29) is 24.4 Å². The molecule has 0 radical (unpaired) electrons. The van der Waals surface area contributed by atoms with Gasteiger partial charge in [-0.25, -0.2) is 9.18 Å². The summed E-state index contributed by atoms with van der Waals surface area (Å²) in [6, 6.07) is 4.10. The quantitative estimate of drug-likeness (QED) is 0.898. The van der Waals surface area contributed by atoms with Gasteiger partial charge in [0.2, 0.25) is 0 Å². The Morgan fingerprint density at radius 3 is 2.91 bits per heavy atom. The van der Waals surface area contributed by atoms with E-state index in [0.717, 1.165) is 30.4 Å². The van der Waals surface area contributed by atoms with Crippen LogP contribution in [-0.2, 0) is 11.2 Å². The summed E-state index contributed by atoms with van der Waals surface area (Å²) in [5.41, 5.74) is 1.87. The molecule has 1 aromatic carbocycles. The molecule has 2 rings (SSSR count). The average Bonchev–Trinajstić information content (AvgIpc) is 2.47. The van der Waals surface area contributed by atoms with E-state index in [0.29, 0.717) is 0 Å². The Morgan fingerprint density at radius 1 is 1.50 bits per heavy atom. The van der Waals surface area contributed by atoms with Gasteiger partial charge in [0.05, 0.1) is 12.0 Å². The number of carbonyl (C=O) groups excluding carboxylic acids is 1. The third kappa shape index (κ3) is 3.75. The molecule has 0 bridgehead atoms. The zero-order valence-corrected chi connectivity index (χ0v) is 12.8. The Morgan fingerprint density at radius 2 is 2.23 bits per heavy atom. The van der Waals surface area contributed by atoms with Gasteiger partial charge < -0.3 is 15.3 Å². The topological polar surface area (TPSA) is 69.6 Å². The number of hydrogen-bond acceptors (Lipinski definition) is 2. The Bertz CT molecular complexity index is 577. The minimum atomic E-state index is -0.940. The van der Waals surface area contributed by atoms with Crippen molar-refractivity contribution in [3.8, 4) is 0 Å². The molecule has 22 heavy (non-hydrogen) atoms. The standard InChI is InChI=1S/C16H21FN2O3/c1-10(15(20)21)9-19(2)16(22)18-14-5-3-4-11-6-7-12(17)8-13(11)14/h6-8,10,14H,3-5,9H2,1-2H3,(H,18,22)(H,20,21)/t10?,14-/m0/s1. The highest BCUT2D eigenvalue weighted by atomic mass is 19.1. The smallest absolute Gasteiger partial charge is 0.317 e. The molecule has 1 aliphatic carbocycles. The van der Waals surface area contributed by atoms with Crippen molar-refractivity contribution in [3.05, 3.63) is 35.1 Å². The number of carbonyl (C=O) groups is 2. The van der Waals surface area contributed by atoms with Gasteiger partial charge >= 0.3 is 12.0 Å². The average molecular weight is 308 g/mol. The van der Waals surface area contributed by atoms with Crippen molar-refractivity contribution in [2.75, 3.05) is 13.6 Å². The summed E-state index contributed by atoms with van der Waals surface area (Å²) in [7, 11) is 1.56. The van der Waals surface area contributed by atoms with E-state index in [9.17, 15) is 14.0 Å². The summed E-state index contributed by atoms with van der Waals surface area (Å²) in [5, 5.41) is 11.8. The lowest BCUT2D eigenvalue weighted by atomic mass is 9.87. The van der Waals surface area contributed by atoms with Crippen molar-refractivity contribution >= 4 is 12.0 Å². The van der Waals surface area contributed by atoms with Gasteiger partial charge in [-0.1, -0.05) is 13.0 Å². The predicted molar refractivity (Wildman–Crippen MR) is 80.0 cm³/mol. The highest BCUT2D eigenvalue weighted by Crippen LogP contribution is 2.30. The summed E-state index contributed by atoms with van der Waals surface area (Å²) in [6.45, 7) is 1.68. The highest BCUT2D eigenvalue weighted by molar-refractivity contribution is 5.76. The minimum Gasteiger partial charge on any atom is -0.481 e. The number of aliphatic carboxylic acids is 1. The number of benzene rings is 1. The molecule has 2 N–H and O–H groups in total. The number of hydrogen-bond donors (Lipinski definition) is 2. The van der Waals surface area contributed by atoms with E-state index in [1.54, 1.807) is 20.0 Å². The molecular weight excluding hydrogens is 287 g/mol. The van der Waals surface area contributed by atoms with Crippen molar-refractivity contribution in [1.82, 2.24) is 10.2 Å². The molecule has 0 heterocycles. The molecule has 0 saturated carbocycles. The number of carboxylic acid groups (broad SMARTS) is 1. The van der Waals surface area contributed by atoms with Gasteiger partial charge in [-0.15, -0.1) is 0 Å². The third-order valence-corrected chi connectivity index (χ3v) is 4.04. The lowest BCUT2D eigenvalue weighted by Gasteiger charge is -2.29. The van der Waals surface area contributed by atoms with E-state index in [1.165, 1.54) is 17.0 Å². The van der Waals surface area contributed by atoms with Crippen molar-refractivity contribution < 1.29 is 19.1 Å². The van der Waals surface area contributed by atoms with Crippen LogP contribution < -0.4 is 5.32 Å². The minimum absolute atomic E-state index is 0.129. The fraction of sp³-hybridized carbons (Fsp3) is 0.500. The van der Waals surface area contributed by atoms with E-state index in [4.69, 9.17) is 5.11 Å². The van der Waals surface area contributed by atoms with Crippen LogP contribution in [0.4, 0.5) is 9.18 Å². The number of rotatable bonds is 4. The van der Waals surface area contributed by atoms with E-state index < -0.39 is 11.9 Å². The SMILES string of the molecule is CC(CN(C)C(=O)N[C@H]1CCCc2ccc(F)cc21)C(=O)O. The first-order valence-electron chi connectivity index (χ1n) is 7.41. The molecule has 0 fully saturated rings. The lowest BCUT2D eigenvalue weighted by molar-refractivity contribution is -0.141. The highest BCUT2D eigenvalue weighted by Gasteiger charge is 2.24. The number of nitrogens with one attached hydrogen (secondary N) is 1. The summed E-state index contributed by atoms with van der Waals surface area (Å²) < 4.78 is 13.4. The molecular formula is C16H21FN2O3. The van der Waals surface area contributed by atoms with Crippen molar-refractivity contribution in [2.24, 2.45) is 5.92 Å². The number of amides is 2. The molecule has 1 unspecified atom stereocenters. The lowest BCUT2D eigenvalue weighted by Crippen LogP contribution is -2.43. The molecule has 0 saturated heterocycles. The summed E-state index contributed by atoms with van der Waals surface area (Å²) >= 11 is 0. The molecule has 0 spiro atoms. The Hall–Kier alpha value is -2.11. The molecule has 2 amide bonds. The zero-order valence-electron chi connectivity index (χ0n) is 12.8. The second-order valence-corrected chi connectivity index (χ2v) is 5.86. The summed E-state index contributed by atoms with van der Waals surface area (Å²) in [5.74, 6) is -1.88. The van der Waals surface area contributed by atoms with E-state index in [2.05, 4.69) is 5.32 Å². The molecule has 5 nitrogen and oxygen atoms in total. The van der Waals surface area contributed by atoms with Crippen molar-refractivity contribution in [1.29, 1.82) is 0 Å². The van der Waals surface area contributed by atoms with Crippen LogP contribution >= 0.6 is 0 Å². The number of aryl methyl sites for hydroxylation is 1. The van der Waals surface area contributed by atoms with Gasteiger partial charge in [0.25, 0.3) is 0 Å². The van der Waals surface area contributed by atoms with E-state index in [1.807, 2.05) is 0 Å². The normalized spacial score (nSPS) is 18.2. The van der Waals surface area contributed by atoms with Crippen LogP contribution in [0.2, 0.25) is 0 Å². The maximum absolute atomic E-state index is 13.4. The van der Waals surface area contributed by atoms with Gasteiger partial charge in [-0.05, 0) is 42.5 Å². The Labute approximate surface area is 129 Å². The van der Waals surface area contributed by atoms with Crippen LogP contribution in [0.5, 0.6) is 0 Å². The fourth-order valence-electron chi connectivity index (χ4n) is 2.75. The van der Waals surface area contributed by atoms with Gasteiger partial charge in [0.1, 0.15) is 5.82 Å². The third-order valence-electron chi connectivity index (χ3n) is 4.04. The van der Waals surface area contributed by atoms with Crippen LogP contribution in [0.25, 0.3) is 0 Å². The number of nitrogens with zero attached hydrogens (tertiary/aromatic N) is 1. The molecule has 0 aliphatic heterocycles. The fourth-order valence-corrected chi connectivity index (χ4v) is 2.75. The first-order chi connectivity index (χ1) is 10.4. The number of urea groups is 1. The molecule has 120 valence electrons. The van der Waals surface area contributed by atoms with Crippen LogP contribution in [0, 0.1) is 11.7 Å². The van der Waals surface area contributed by atoms with Gasteiger partial charge in [-0.2, -0.15) is 0 Å². The Kier molecular flexibility index (Phi) is 5.00. The first-order valence-corrected chi connectivity index (χ1v) is 7.41. The number of fused-ring (bicyclic) bond motifs is 1. The van der Waals surface area contributed by atoms with E-state index >= 15 is 0 Å². The second kappa shape index (κ2) is 6.77. The number of carboxylic acids is 1. The van der Waals surface area contributed by atoms with Gasteiger partial charge in [-0.3, -0.25) is 4.79 Å². The van der Waals surface area contributed by atoms with Crippen LogP contribution in [0.15, 0.2) is 18.2 Å². The van der Waals surface area contributed by atoms with Crippen LogP contribution in [0.3, 0.4) is 0 Å². The largest absolute Gasteiger partial charge is 0.481 e. The second-order valence-electron chi connectivity index (χ2n) is 5.86. The molecule has 6 heteroatoms. The monoisotopic (exact) mass is 308 g/mol. The molecule has 1 aliphatic rings. The number of halogens is 1. The first kappa shape index (κ1) is 16.3. The van der Waals surface area contributed by atoms with Crippen molar-refractivity contribution in [2.45, 2.75) is 32.2 Å². The maximum atomic E-state index is 13.4. The van der Waals surface area contributed by atoms with Crippen LogP contribution in [-0.4, -0.2) is 35.6 Å². The summed E-state index contributed by atoms with van der Waals surface area (Å²) in [4.78, 5) is 24.4. The molecule has 1 aromatic rings. The zero-order chi connectivity index (χ0) is 16.3.